The van der Waals surface area contributed by atoms with E-state index in [0.29, 0.717) is 0 Å². The SMILES string of the molecule is O=C([O-])c1ccccc1N1C(=O)[C@@H]2[C@H]3CC[C@@H](C3)[C@@H]2C1=O. The molecule has 0 spiro atoms. The zero-order valence-corrected chi connectivity index (χ0v) is 11.3. The topological polar surface area (TPSA) is 77.5 Å². The predicted octanol–water partition coefficient (Wildman–Crippen LogP) is 0.586. The molecule has 0 unspecified atom stereocenters. The Kier molecular flexibility index (Phi) is 2.49. The second kappa shape index (κ2) is 4.16. The first-order chi connectivity index (χ1) is 10.1. The van der Waals surface area contributed by atoms with Crippen LogP contribution in [0, 0.1) is 23.7 Å². The molecule has 4 rings (SSSR count). The van der Waals surface area contributed by atoms with Crippen LogP contribution in [0.5, 0.6) is 0 Å². The Labute approximate surface area is 121 Å². The van der Waals surface area contributed by atoms with Gasteiger partial charge >= 0.3 is 0 Å². The van der Waals surface area contributed by atoms with Crippen molar-refractivity contribution in [2.24, 2.45) is 23.7 Å². The summed E-state index contributed by atoms with van der Waals surface area (Å²) in [5, 5.41) is 11.2. The Hall–Kier alpha value is -2.17. The van der Waals surface area contributed by atoms with Gasteiger partial charge in [0.1, 0.15) is 0 Å². The number of carbonyl (C=O) groups excluding carboxylic acids is 3. The Morgan fingerprint density at radius 1 is 1.05 bits per heavy atom. The van der Waals surface area contributed by atoms with E-state index in [4.69, 9.17) is 0 Å². The van der Waals surface area contributed by atoms with Crippen LogP contribution in [0.3, 0.4) is 0 Å². The third-order valence-electron chi connectivity index (χ3n) is 5.29. The monoisotopic (exact) mass is 284 g/mol. The molecule has 0 radical (unpaired) electrons. The number of carbonyl (C=O) groups is 3. The van der Waals surface area contributed by atoms with Gasteiger partial charge in [0.25, 0.3) is 0 Å². The van der Waals surface area contributed by atoms with Crippen molar-refractivity contribution in [2.45, 2.75) is 19.3 Å². The van der Waals surface area contributed by atoms with Crippen LogP contribution in [-0.2, 0) is 9.59 Å². The fourth-order valence-electron chi connectivity index (χ4n) is 4.49. The molecular formula is C16H14NO4-. The average molecular weight is 284 g/mol. The lowest BCUT2D eigenvalue weighted by atomic mass is 9.81. The summed E-state index contributed by atoms with van der Waals surface area (Å²) in [6.45, 7) is 0. The van der Waals surface area contributed by atoms with Gasteiger partial charge < -0.3 is 9.90 Å². The lowest BCUT2D eigenvalue weighted by Gasteiger charge is -2.20. The maximum absolute atomic E-state index is 12.7. The van der Waals surface area contributed by atoms with Gasteiger partial charge in [-0.3, -0.25) is 9.59 Å². The molecule has 2 saturated carbocycles. The number of hydrogen-bond donors (Lipinski definition) is 0. The smallest absolute Gasteiger partial charge is 0.237 e. The summed E-state index contributed by atoms with van der Waals surface area (Å²) in [6.07, 6.45) is 2.96. The van der Waals surface area contributed by atoms with Crippen molar-refractivity contribution in [2.75, 3.05) is 4.90 Å². The van der Waals surface area contributed by atoms with Crippen molar-refractivity contribution in [3.05, 3.63) is 29.8 Å². The van der Waals surface area contributed by atoms with Crippen LogP contribution in [-0.4, -0.2) is 17.8 Å². The molecule has 1 saturated heterocycles. The van der Waals surface area contributed by atoms with E-state index in [0.717, 1.165) is 24.2 Å². The number of rotatable bonds is 2. The van der Waals surface area contributed by atoms with Crippen LogP contribution in [0.1, 0.15) is 29.6 Å². The highest BCUT2D eigenvalue weighted by Crippen LogP contribution is 2.56. The van der Waals surface area contributed by atoms with E-state index < -0.39 is 5.97 Å². The molecule has 1 aliphatic heterocycles. The van der Waals surface area contributed by atoms with E-state index in [9.17, 15) is 19.5 Å². The Morgan fingerprint density at radius 3 is 2.19 bits per heavy atom. The van der Waals surface area contributed by atoms with E-state index in [1.54, 1.807) is 12.1 Å². The quantitative estimate of drug-likeness (QED) is 0.744. The van der Waals surface area contributed by atoms with Gasteiger partial charge in [-0.05, 0) is 37.2 Å². The number of fused-ring (bicyclic) bond motifs is 5. The van der Waals surface area contributed by atoms with Crippen LogP contribution in [0.4, 0.5) is 5.69 Å². The van der Waals surface area contributed by atoms with Crippen molar-refractivity contribution < 1.29 is 19.5 Å². The zero-order valence-electron chi connectivity index (χ0n) is 11.3. The summed E-state index contributed by atoms with van der Waals surface area (Å²) in [5.74, 6) is -1.74. The van der Waals surface area contributed by atoms with Gasteiger partial charge in [-0.2, -0.15) is 0 Å². The average Bonchev–Trinajstić information content (AvgIpc) is 3.13. The molecule has 3 fully saturated rings. The third kappa shape index (κ3) is 1.54. The van der Waals surface area contributed by atoms with Gasteiger partial charge in [-0.25, -0.2) is 4.90 Å². The van der Waals surface area contributed by atoms with E-state index in [1.165, 1.54) is 12.1 Å². The molecular weight excluding hydrogens is 270 g/mol. The summed E-state index contributed by atoms with van der Waals surface area (Å²) in [4.78, 5) is 37.6. The van der Waals surface area contributed by atoms with Crippen molar-refractivity contribution in [3.63, 3.8) is 0 Å². The van der Waals surface area contributed by atoms with Crippen molar-refractivity contribution in [1.82, 2.24) is 0 Å². The number of hydrogen-bond acceptors (Lipinski definition) is 4. The van der Waals surface area contributed by atoms with Crippen molar-refractivity contribution >= 4 is 23.5 Å². The minimum absolute atomic E-state index is 0.105. The fourth-order valence-corrected chi connectivity index (χ4v) is 4.49. The lowest BCUT2D eigenvalue weighted by molar-refractivity contribution is -0.254. The first-order valence-corrected chi connectivity index (χ1v) is 7.28. The standard InChI is InChI=1S/C16H15NO4/c18-14-12-8-5-6-9(7-8)13(12)15(19)17(14)11-4-2-1-3-10(11)16(20)21/h1-4,8-9,12-13H,5-7H2,(H,20,21)/p-1/t8-,9-,12-,13+/m0/s1. The van der Waals surface area contributed by atoms with Gasteiger partial charge in [0.15, 0.2) is 0 Å². The van der Waals surface area contributed by atoms with Crippen LogP contribution in [0.2, 0.25) is 0 Å². The van der Waals surface area contributed by atoms with Gasteiger partial charge in [0, 0.05) is 5.56 Å². The minimum atomic E-state index is -1.37. The third-order valence-corrected chi connectivity index (χ3v) is 5.29. The summed E-state index contributed by atoms with van der Waals surface area (Å²) in [6, 6.07) is 6.06. The Morgan fingerprint density at radius 2 is 1.62 bits per heavy atom. The van der Waals surface area contributed by atoms with Crippen LogP contribution in [0.15, 0.2) is 24.3 Å². The molecule has 0 aromatic heterocycles. The maximum atomic E-state index is 12.7. The van der Waals surface area contributed by atoms with E-state index >= 15 is 0 Å². The second-order valence-corrected chi connectivity index (χ2v) is 6.20. The minimum Gasteiger partial charge on any atom is -0.545 e. The van der Waals surface area contributed by atoms with Crippen LogP contribution in [0.25, 0.3) is 0 Å². The number of amides is 2. The highest BCUT2D eigenvalue weighted by Gasteiger charge is 2.61. The summed E-state index contributed by atoms with van der Waals surface area (Å²) >= 11 is 0. The molecule has 2 aliphatic carbocycles. The normalized spacial score (nSPS) is 33.6. The molecule has 1 aromatic rings. The highest BCUT2D eigenvalue weighted by atomic mass is 16.4. The molecule has 2 bridgehead atoms. The van der Waals surface area contributed by atoms with E-state index in [1.807, 2.05) is 0 Å². The van der Waals surface area contributed by atoms with E-state index in [-0.39, 0.29) is 46.7 Å². The number of carboxylic acids is 1. The summed E-state index contributed by atoms with van der Waals surface area (Å²) < 4.78 is 0. The van der Waals surface area contributed by atoms with Gasteiger partial charge in [0.2, 0.25) is 11.8 Å². The van der Waals surface area contributed by atoms with E-state index in [2.05, 4.69) is 0 Å². The first kappa shape index (κ1) is 12.6. The first-order valence-electron chi connectivity index (χ1n) is 7.28. The fraction of sp³-hybridized carbons (Fsp3) is 0.438. The maximum Gasteiger partial charge on any atom is 0.237 e. The molecule has 108 valence electrons. The number of benzene rings is 1. The number of anilines is 1. The van der Waals surface area contributed by atoms with Crippen molar-refractivity contribution in [1.29, 1.82) is 0 Å². The van der Waals surface area contributed by atoms with Gasteiger partial charge in [0.05, 0.1) is 23.5 Å². The number of carboxylic acid groups (broad SMARTS) is 1. The van der Waals surface area contributed by atoms with Gasteiger partial charge in [-0.15, -0.1) is 0 Å². The molecule has 0 N–H and O–H groups in total. The number of aromatic carboxylic acids is 1. The molecule has 5 nitrogen and oxygen atoms in total. The Balaban J connectivity index is 1.79. The molecule has 21 heavy (non-hydrogen) atoms. The van der Waals surface area contributed by atoms with Crippen molar-refractivity contribution in [3.8, 4) is 0 Å². The molecule has 5 heteroatoms. The second-order valence-electron chi connectivity index (χ2n) is 6.20. The number of para-hydroxylation sites is 1. The largest absolute Gasteiger partial charge is 0.545 e. The van der Waals surface area contributed by atoms with Crippen LogP contribution < -0.4 is 10.0 Å². The predicted molar refractivity (Wildman–Crippen MR) is 71.1 cm³/mol. The summed E-state index contributed by atoms with van der Waals surface area (Å²) in [5.41, 5.74) is 0.0489. The Bertz CT molecular complexity index is 640. The van der Waals surface area contributed by atoms with Crippen LogP contribution >= 0.6 is 0 Å². The molecule has 4 atom stereocenters. The number of imide groups is 1. The van der Waals surface area contributed by atoms with Gasteiger partial charge in [-0.1, -0.05) is 18.2 Å². The zero-order chi connectivity index (χ0) is 14.7. The molecule has 2 amide bonds. The highest BCUT2D eigenvalue weighted by molar-refractivity contribution is 6.24. The lowest BCUT2D eigenvalue weighted by Crippen LogP contribution is -2.35. The molecule has 1 heterocycles. The molecule has 3 aliphatic rings. The summed E-state index contributed by atoms with van der Waals surface area (Å²) in [7, 11) is 0. The number of nitrogens with zero attached hydrogens (tertiary/aromatic N) is 1. The molecule has 1 aromatic carbocycles.